The van der Waals surface area contributed by atoms with Crippen LogP contribution in [0.25, 0.3) is 0 Å². The Balaban J connectivity index is 2.06. The number of carbonyl (C=O) groups excluding carboxylic acids is 1. The summed E-state index contributed by atoms with van der Waals surface area (Å²) < 4.78 is 0. The standard InChI is InChI=1S/C12H13N3O/c13-12(16)8-11-2-1-10(15-11)7-9-3-5-14-6-4-9/h1-6,15H,7-8H2,(H2,13,16). The van der Waals surface area contributed by atoms with Gasteiger partial charge in [-0.05, 0) is 29.8 Å². The molecule has 0 fully saturated rings. The van der Waals surface area contributed by atoms with E-state index in [1.54, 1.807) is 12.4 Å². The zero-order valence-corrected chi connectivity index (χ0v) is 8.81. The topological polar surface area (TPSA) is 71.8 Å². The van der Waals surface area contributed by atoms with Crippen molar-refractivity contribution in [2.24, 2.45) is 5.73 Å². The smallest absolute Gasteiger partial charge is 0.223 e. The second-order valence-corrected chi connectivity index (χ2v) is 3.68. The van der Waals surface area contributed by atoms with Gasteiger partial charge >= 0.3 is 0 Å². The van der Waals surface area contributed by atoms with Crippen LogP contribution >= 0.6 is 0 Å². The van der Waals surface area contributed by atoms with Crippen molar-refractivity contribution in [3.63, 3.8) is 0 Å². The van der Waals surface area contributed by atoms with Crippen LogP contribution in [0.2, 0.25) is 0 Å². The summed E-state index contributed by atoms with van der Waals surface area (Å²) in [7, 11) is 0. The number of aromatic nitrogens is 2. The SMILES string of the molecule is NC(=O)Cc1ccc(Cc2ccncc2)[nH]1. The third-order valence-electron chi connectivity index (χ3n) is 2.32. The van der Waals surface area contributed by atoms with Crippen LogP contribution in [0.15, 0.2) is 36.7 Å². The van der Waals surface area contributed by atoms with Crippen molar-refractivity contribution in [2.45, 2.75) is 12.8 Å². The Bertz CT molecular complexity index is 476. The second kappa shape index (κ2) is 4.61. The number of rotatable bonds is 4. The number of primary amides is 1. The molecule has 0 aromatic carbocycles. The lowest BCUT2D eigenvalue weighted by atomic mass is 10.1. The van der Waals surface area contributed by atoms with Gasteiger partial charge in [0.25, 0.3) is 0 Å². The fraction of sp³-hybridized carbons (Fsp3) is 0.167. The van der Waals surface area contributed by atoms with E-state index in [-0.39, 0.29) is 12.3 Å². The van der Waals surface area contributed by atoms with Crippen LogP contribution in [0, 0.1) is 0 Å². The van der Waals surface area contributed by atoms with E-state index in [9.17, 15) is 4.79 Å². The number of nitrogens with zero attached hydrogens (tertiary/aromatic N) is 1. The summed E-state index contributed by atoms with van der Waals surface area (Å²) in [6, 6.07) is 7.79. The van der Waals surface area contributed by atoms with Gasteiger partial charge in [-0.25, -0.2) is 0 Å². The maximum absolute atomic E-state index is 10.7. The summed E-state index contributed by atoms with van der Waals surface area (Å²) in [5, 5.41) is 0. The minimum Gasteiger partial charge on any atom is -0.369 e. The molecular weight excluding hydrogens is 202 g/mol. The highest BCUT2D eigenvalue weighted by atomic mass is 16.1. The zero-order chi connectivity index (χ0) is 11.4. The summed E-state index contributed by atoms with van der Waals surface area (Å²) in [6.45, 7) is 0. The summed E-state index contributed by atoms with van der Waals surface area (Å²) in [6.07, 6.45) is 4.60. The molecule has 0 atom stereocenters. The Morgan fingerprint density at radius 3 is 2.56 bits per heavy atom. The van der Waals surface area contributed by atoms with Crippen LogP contribution in [0.3, 0.4) is 0 Å². The first kappa shape index (κ1) is 10.4. The number of nitrogens with one attached hydrogen (secondary N) is 1. The van der Waals surface area contributed by atoms with Crippen molar-refractivity contribution in [3.8, 4) is 0 Å². The molecule has 16 heavy (non-hydrogen) atoms. The van der Waals surface area contributed by atoms with Gasteiger partial charge in [-0.2, -0.15) is 0 Å². The fourth-order valence-corrected chi connectivity index (χ4v) is 1.61. The molecule has 82 valence electrons. The van der Waals surface area contributed by atoms with Crippen molar-refractivity contribution < 1.29 is 4.79 Å². The van der Waals surface area contributed by atoms with Crippen molar-refractivity contribution in [3.05, 3.63) is 53.6 Å². The van der Waals surface area contributed by atoms with E-state index in [4.69, 9.17) is 5.73 Å². The molecule has 0 aliphatic heterocycles. The number of pyridine rings is 1. The summed E-state index contributed by atoms with van der Waals surface area (Å²) in [4.78, 5) is 17.9. The van der Waals surface area contributed by atoms with Gasteiger partial charge in [-0.3, -0.25) is 9.78 Å². The largest absolute Gasteiger partial charge is 0.369 e. The van der Waals surface area contributed by atoms with Crippen LogP contribution in [0.4, 0.5) is 0 Å². The minimum atomic E-state index is -0.322. The Labute approximate surface area is 93.5 Å². The monoisotopic (exact) mass is 215 g/mol. The fourth-order valence-electron chi connectivity index (χ4n) is 1.61. The number of aromatic amines is 1. The highest BCUT2D eigenvalue weighted by Gasteiger charge is 2.02. The molecule has 0 bridgehead atoms. The van der Waals surface area contributed by atoms with Gasteiger partial charge in [0, 0.05) is 30.2 Å². The molecule has 2 aromatic rings. The number of amides is 1. The van der Waals surface area contributed by atoms with Crippen molar-refractivity contribution in [2.75, 3.05) is 0 Å². The molecular formula is C12H13N3O. The van der Waals surface area contributed by atoms with Crippen molar-refractivity contribution in [1.29, 1.82) is 0 Å². The lowest BCUT2D eigenvalue weighted by Crippen LogP contribution is -2.13. The number of hydrogen-bond donors (Lipinski definition) is 2. The highest BCUT2D eigenvalue weighted by molar-refractivity contribution is 5.76. The number of carbonyl (C=O) groups is 1. The number of hydrogen-bond acceptors (Lipinski definition) is 2. The lowest BCUT2D eigenvalue weighted by molar-refractivity contribution is -0.117. The Kier molecular flexibility index (Phi) is 3.00. The van der Waals surface area contributed by atoms with Crippen LogP contribution in [-0.2, 0) is 17.6 Å². The third-order valence-corrected chi connectivity index (χ3v) is 2.32. The average molecular weight is 215 g/mol. The van der Waals surface area contributed by atoms with Gasteiger partial charge in [0.05, 0.1) is 6.42 Å². The molecule has 0 radical (unpaired) electrons. The van der Waals surface area contributed by atoms with Crippen LogP contribution in [0.5, 0.6) is 0 Å². The first-order valence-corrected chi connectivity index (χ1v) is 5.08. The summed E-state index contributed by atoms with van der Waals surface area (Å²) >= 11 is 0. The Morgan fingerprint density at radius 1 is 1.19 bits per heavy atom. The first-order chi connectivity index (χ1) is 7.74. The van der Waals surface area contributed by atoms with E-state index < -0.39 is 0 Å². The van der Waals surface area contributed by atoms with Gasteiger partial charge in [0.1, 0.15) is 0 Å². The molecule has 0 saturated heterocycles. The second-order valence-electron chi connectivity index (χ2n) is 3.68. The molecule has 0 spiro atoms. The number of H-pyrrole nitrogens is 1. The Morgan fingerprint density at radius 2 is 1.88 bits per heavy atom. The minimum absolute atomic E-state index is 0.260. The zero-order valence-electron chi connectivity index (χ0n) is 8.81. The van der Waals surface area contributed by atoms with Crippen LogP contribution < -0.4 is 5.73 Å². The Hall–Kier alpha value is -2.10. The number of nitrogens with two attached hydrogens (primary N) is 1. The van der Waals surface area contributed by atoms with Gasteiger partial charge in [0.2, 0.25) is 5.91 Å². The average Bonchev–Trinajstić information content (AvgIpc) is 2.66. The molecule has 2 rings (SSSR count). The van der Waals surface area contributed by atoms with Crippen molar-refractivity contribution >= 4 is 5.91 Å². The molecule has 3 N–H and O–H groups in total. The predicted octanol–water partition coefficient (Wildman–Crippen LogP) is 1.03. The molecule has 0 unspecified atom stereocenters. The van der Waals surface area contributed by atoms with E-state index in [0.29, 0.717) is 0 Å². The van der Waals surface area contributed by atoms with Gasteiger partial charge in [-0.1, -0.05) is 0 Å². The molecule has 0 aliphatic rings. The van der Waals surface area contributed by atoms with Crippen molar-refractivity contribution in [1.82, 2.24) is 9.97 Å². The molecule has 0 aliphatic carbocycles. The van der Waals surface area contributed by atoms with Gasteiger partial charge in [0.15, 0.2) is 0 Å². The quantitative estimate of drug-likeness (QED) is 0.799. The van der Waals surface area contributed by atoms with Gasteiger partial charge in [-0.15, -0.1) is 0 Å². The summed E-state index contributed by atoms with van der Waals surface area (Å²) in [5.74, 6) is -0.322. The third kappa shape index (κ3) is 2.70. The van der Waals surface area contributed by atoms with E-state index >= 15 is 0 Å². The van der Waals surface area contributed by atoms with E-state index in [2.05, 4.69) is 9.97 Å². The summed E-state index contributed by atoms with van der Waals surface area (Å²) in [5.41, 5.74) is 8.23. The van der Waals surface area contributed by atoms with Crippen LogP contribution in [-0.4, -0.2) is 15.9 Å². The van der Waals surface area contributed by atoms with E-state index in [1.807, 2.05) is 24.3 Å². The molecule has 2 aromatic heterocycles. The lowest BCUT2D eigenvalue weighted by Gasteiger charge is -1.98. The first-order valence-electron chi connectivity index (χ1n) is 5.08. The maximum atomic E-state index is 10.7. The molecule has 0 saturated carbocycles. The predicted molar refractivity (Wildman–Crippen MR) is 60.7 cm³/mol. The normalized spacial score (nSPS) is 10.2. The van der Waals surface area contributed by atoms with Crippen LogP contribution in [0.1, 0.15) is 17.0 Å². The van der Waals surface area contributed by atoms with E-state index in [0.717, 1.165) is 17.8 Å². The molecule has 1 amide bonds. The molecule has 4 heteroatoms. The van der Waals surface area contributed by atoms with E-state index in [1.165, 1.54) is 5.56 Å². The van der Waals surface area contributed by atoms with Gasteiger partial charge < -0.3 is 10.7 Å². The highest BCUT2D eigenvalue weighted by Crippen LogP contribution is 2.08. The molecule has 2 heterocycles. The maximum Gasteiger partial charge on any atom is 0.223 e. The molecule has 4 nitrogen and oxygen atoms in total.